The summed E-state index contributed by atoms with van der Waals surface area (Å²) in [4.78, 5) is 46.2. The molecule has 1 unspecified atom stereocenters. The lowest BCUT2D eigenvalue weighted by molar-refractivity contribution is -0.163. The van der Waals surface area contributed by atoms with Gasteiger partial charge >= 0.3 is 11.9 Å². The molecule has 0 spiro atoms. The highest BCUT2D eigenvalue weighted by Crippen LogP contribution is 2.15. The summed E-state index contributed by atoms with van der Waals surface area (Å²) >= 11 is 0. The van der Waals surface area contributed by atoms with E-state index >= 15 is 0 Å². The van der Waals surface area contributed by atoms with Crippen LogP contribution in [-0.4, -0.2) is 64.7 Å². The third-order valence-corrected chi connectivity index (χ3v) is 2.43. The number of nitrogens with zero attached hydrogens (tertiary/aromatic N) is 1. The number of esters is 1. The quantitative estimate of drug-likeness (QED) is 0.441. The molecule has 23 heavy (non-hydrogen) atoms. The van der Waals surface area contributed by atoms with Gasteiger partial charge in [-0.2, -0.15) is 0 Å². The van der Waals surface area contributed by atoms with E-state index in [0.717, 1.165) is 0 Å². The van der Waals surface area contributed by atoms with E-state index in [-0.39, 0.29) is 6.61 Å². The predicted molar refractivity (Wildman–Crippen MR) is 78.8 cm³/mol. The van der Waals surface area contributed by atoms with Crippen molar-refractivity contribution in [2.75, 3.05) is 13.2 Å². The van der Waals surface area contributed by atoms with E-state index in [2.05, 4.69) is 4.74 Å². The van der Waals surface area contributed by atoms with E-state index in [0.29, 0.717) is 11.1 Å². The van der Waals surface area contributed by atoms with Crippen molar-refractivity contribution in [2.45, 2.75) is 45.4 Å². The van der Waals surface area contributed by atoms with Crippen molar-refractivity contribution in [3.8, 4) is 0 Å². The Morgan fingerprint density at radius 1 is 1.35 bits per heavy atom. The number of aliphatic carboxylic acids is 1. The smallest absolute Gasteiger partial charge is 0.326 e. The molecule has 0 aromatic heterocycles. The number of hydrogen-bond donors (Lipinski definition) is 2. The maximum absolute atomic E-state index is 12.4. The van der Waals surface area contributed by atoms with Crippen LogP contribution in [0.4, 0.5) is 0 Å². The maximum Gasteiger partial charge on any atom is 0.326 e. The molecule has 0 radical (unpaired) electrons. The van der Waals surface area contributed by atoms with E-state index in [9.17, 15) is 19.2 Å². The van der Waals surface area contributed by atoms with Crippen molar-refractivity contribution in [3.05, 3.63) is 6.20 Å². The van der Waals surface area contributed by atoms with Crippen LogP contribution in [-0.2, 0) is 28.7 Å². The highest BCUT2D eigenvalue weighted by molar-refractivity contribution is 5.91. The summed E-state index contributed by atoms with van der Waals surface area (Å²) in [5, 5.41) is 9.02. The molecular weight excluding hydrogens is 308 g/mol. The molecule has 0 saturated heterocycles. The van der Waals surface area contributed by atoms with Crippen molar-refractivity contribution >= 4 is 23.8 Å². The van der Waals surface area contributed by atoms with E-state index in [4.69, 9.17) is 15.6 Å². The Bertz CT molecular complexity index is 492. The van der Waals surface area contributed by atoms with Gasteiger partial charge < -0.3 is 20.3 Å². The van der Waals surface area contributed by atoms with Gasteiger partial charge in [-0.25, -0.2) is 4.79 Å². The fourth-order valence-electron chi connectivity index (χ4n) is 1.55. The second-order valence-corrected chi connectivity index (χ2v) is 5.53. The molecule has 0 aliphatic carbocycles. The Morgan fingerprint density at radius 3 is 2.30 bits per heavy atom. The molecule has 0 rings (SSSR count). The Labute approximate surface area is 134 Å². The lowest BCUT2D eigenvalue weighted by Gasteiger charge is -2.31. The molecule has 0 fully saturated rings. The van der Waals surface area contributed by atoms with Crippen molar-refractivity contribution in [1.82, 2.24) is 4.90 Å². The molecular formula is C14H22N2O7. The van der Waals surface area contributed by atoms with Crippen LogP contribution in [0.15, 0.2) is 6.20 Å². The fraction of sp³-hybridized carbons (Fsp3) is 0.643. The minimum absolute atomic E-state index is 0.0855. The predicted octanol–water partition coefficient (Wildman–Crippen LogP) is -0.681. The SMILES string of the molecule is CCOC(=O)CN(C=C=O)C(=O)C(OC(C)(C)C)[C@H](N)C(=O)O. The van der Waals surface area contributed by atoms with Crippen LogP contribution < -0.4 is 5.73 Å². The van der Waals surface area contributed by atoms with Crippen molar-refractivity contribution < 1.29 is 33.8 Å². The Balaban J connectivity index is 5.45. The minimum Gasteiger partial charge on any atom is -0.480 e. The molecule has 0 aromatic carbocycles. The molecule has 0 aliphatic heterocycles. The zero-order valence-corrected chi connectivity index (χ0v) is 13.6. The lowest BCUT2D eigenvalue weighted by Crippen LogP contribution is -2.54. The topological polar surface area (TPSA) is 136 Å². The number of carbonyl (C=O) groups is 3. The number of carbonyl (C=O) groups excluding carboxylic acids is 3. The van der Waals surface area contributed by atoms with Gasteiger partial charge in [-0.05, 0) is 27.7 Å². The number of rotatable bonds is 8. The van der Waals surface area contributed by atoms with Crippen LogP contribution in [0.3, 0.4) is 0 Å². The van der Waals surface area contributed by atoms with E-state index in [1.54, 1.807) is 27.7 Å². The van der Waals surface area contributed by atoms with Gasteiger partial charge in [-0.15, -0.1) is 0 Å². The lowest BCUT2D eigenvalue weighted by atomic mass is 10.1. The van der Waals surface area contributed by atoms with Gasteiger partial charge in [0.05, 0.1) is 18.4 Å². The standard InChI is InChI=1S/C14H22N2O7/c1-5-22-9(18)8-16(6-7-17)12(19)11(10(15)13(20)21)23-14(2,3)4/h6,10-11H,5,8,15H2,1-4H3,(H,20,21)/t10-,11?/m0/s1. The normalized spacial score (nSPS) is 13.4. The van der Waals surface area contributed by atoms with Gasteiger partial charge in [0.2, 0.25) is 0 Å². The van der Waals surface area contributed by atoms with Crippen LogP contribution in [0.25, 0.3) is 0 Å². The molecule has 130 valence electrons. The Morgan fingerprint density at radius 2 is 1.91 bits per heavy atom. The number of carboxylic acid groups (broad SMARTS) is 1. The Hall–Kier alpha value is -2.22. The summed E-state index contributed by atoms with van der Waals surface area (Å²) in [6.45, 7) is 5.89. The van der Waals surface area contributed by atoms with E-state index in [1.807, 2.05) is 0 Å². The van der Waals surface area contributed by atoms with E-state index in [1.165, 1.54) is 5.94 Å². The van der Waals surface area contributed by atoms with Gasteiger partial charge in [0.15, 0.2) is 6.10 Å². The number of hydrogen-bond acceptors (Lipinski definition) is 7. The van der Waals surface area contributed by atoms with Crippen LogP contribution in [0, 0.1) is 0 Å². The molecule has 0 aromatic rings. The molecule has 0 bridgehead atoms. The number of carboxylic acids is 1. The summed E-state index contributed by atoms with van der Waals surface area (Å²) < 4.78 is 10.1. The minimum atomic E-state index is -1.67. The number of nitrogens with two attached hydrogens (primary N) is 1. The molecule has 0 saturated carbocycles. The summed E-state index contributed by atoms with van der Waals surface area (Å²) in [6, 6.07) is -1.67. The van der Waals surface area contributed by atoms with Gasteiger partial charge in [0.1, 0.15) is 18.5 Å². The Kier molecular flexibility index (Phi) is 8.17. The molecule has 0 aliphatic rings. The van der Waals surface area contributed by atoms with Crippen molar-refractivity contribution in [3.63, 3.8) is 0 Å². The first-order valence-electron chi connectivity index (χ1n) is 6.86. The first-order chi connectivity index (χ1) is 10.5. The summed E-state index contributed by atoms with van der Waals surface area (Å²) in [5.74, 6) is -1.82. The molecule has 3 N–H and O–H groups in total. The second-order valence-electron chi connectivity index (χ2n) is 5.53. The average Bonchev–Trinajstić information content (AvgIpc) is 2.42. The first-order valence-corrected chi connectivity index (χ1v) is 6.86. The van der Waals surface area contributed by atoms with Crippen molar-refractivity contribution in [1.29, 1.82) is 0 Å². The van der Waals surface area contributed by atoms with Crippen LogP contribution in [0.5, 0.6) is 0 Å². The molecule has 1 amide bonds. The van der Waals surface area contributed by atoms with Crippen LogP contribution in [0.1, 0.15) is 27.7 Å². The third kappa shape index (κ3) is 7.55. The summed E-state index contributed by atoms with van der Waals surface area (Å²) in [7, 11) is 0. The molecule has 0 heterocycles. The summed E-state index contributed by atoms with van der Waals surface area (Å²) in [5.41, 5.74) is 4.61. The van der Waals surface area contributed by atoms with Gasteiger partial charge in [0, 0.05) is 0 Å². The van der Waals surface area contributed by atoms with Crippen molar-refractivity contribution in [2.24, 2.45) is 5.73 Å². The largest absolute Gasteiger partial charge is 0.480 e. The van der Waals surface area contributed by atoms with Crippen LogP contribution in [0.2, 0.25) is 0 Å². The molecule has 2 atom stereocenters. The first kappa shape index (κ1) is 20.8. The van der Waals surface area contributed by atoms with Crippen LogP contribution >= 0.6 is 0 Å². The maximum atomic E-state index is 12.4. The fourth-order valence-corrected chi connectivity index (χ4v) is 1.55. The highest BCUT2D eigenvalue weighted by atomic mass is 16.5. The third-order valence-electron chi connectivity index (χ3n) is 2.43. The zero-order chi connectivity index (χ0) is 18.2. The summed E-state index contributed by atoms with van der Waals surface area (Å²) in [6.07, 6.45) is -0.918. The monoisotopic (exact) mass is 330 g/mol. The second kappa shape index (κ2) is 9.04. The van der Waals surface area contributed by atoms with Gasteiger partial charge in [0.25, 0.3) is 5.91 Å². The van der Waals surface area contributed by atoms with Gasteiger partial charge in [-0.3, -0.25) is 19.3 Å². The zero-order valence-electron chi connectivity index (χ0n) is 13.6. The van der Waals surface area contributed by atoms with E-state index < -0.39 is 42.1 Å². The number of ether oxygens (including phenoxy) is 2. The molecule has 9 nitrogen and oxygen atoms in total. The number of amides is 1. The van der Waals surface area contributed by atoms with Gasteiger partial charge in [-0.1, -0.05) is 0 Å². The highest BCUT2D eigenvalue weighted by Gasteiger charge is 2.38. The average molecular weight is 330 g/mol. The molecule has 9 heteroatoms.